The summed E-state index contributed by atoms with van der Waals surface area (Å²) in [4.78, 5) is 36.2. The van der Waals surface area contributed by atoms with Crippen LogP contribution >= 0.6 is 0 Å². The number of morpholine rings is 1. The Kier molecular flexibility index (Phi) is 7.27. The maximum absolute atomic E-state index is 13.0. The van der Waals surface area contributed by atoms with Gasteiger partial charge in [-0.15, -0.1) is 0 Å². The van der Waals surface area contributed by atoms with Gasteiger partial charge in [0.25, 0.3) is 11.8 Å². The second-order valence-corrected chi connectivity index (χ2v) is 9.46. The number of hydrogen-bond donors (Lipinski definition) is 4. The zero-order valence-corrected chi connectivity index (χ0v) is 21.9. The molecule has 206 valence electrons. The van der Waals surface area contributed by atoms with E-state index in [1.54, 1.807) is 42.0 Å². The van der Waals surface area contributed by atoms with Crippen molar-refractivity contribution in [3.8, 4) is 11.3 Å². The molecule has 11 heteroatoms. The highest BCUT2D eigenvalue weighted by Crippen LogP contribution is 2.27. The third-order valence-corrected chi connectivity index (χ3v) is 6.81. The van der Waals surface area contributed by atoms with Crippen molar-refractivity contribution in [2.45, 2.75) is 0 Å². The second-order valence-electron chi connectivity index (χ2n) is 9.46. The molecule has 3 aromatic carbocycles. The van der Waals surface area contributed by atoms with Crippen LogP contribution in [0.25, 0.3) is 16.9 Å². The summed E-state index contributed by atoms with van der Waals surface area (Å²) < 4.78 is 7.35. The zero-order chi connectivity index (χ0) is 28.2. The van der Waals surface area contributed by atoms with Crippen LogP contribution in [-0.2, 0) is 4.74 Å². The van der Waals surface area contributed by atoms with E-state index in [9.17, 15) is 9.59 Å². The molecule has 41 heavy (non-hydrogen) atoms. The predicted octanol–water partition coefficient (Wildman–Crippen LogP) is 4.35. The molecule has 0 spiro atoms. The lowest BCUT2D eigenvalue weighted by Crippen LogP contribution is -2.36. The van der Waals surface area contributed by atoms with Gasteiger partial charge in [0.15, 0.2) is 11.5 Å². The quantitative estimate of drug-likeness (QED) is 0.174. The van der Waals surface area contributed by atoms with Crippen LogP contribution in [0.5, 0.6) is 0 Å². The first kappa shape index (κ1) is 26.0. The number of rotatable bonds is 7. The van der Waals surface area contributed by atoms with Gasteiger partial charge in [-0.05, 0) is 60.7 Å². The van der Waals surface area contributed by atoms with E-state index in [1.807, 2.05) is 35.0 Å². The molecule has 3 heterocycles. The average Bonchev–Trinajstić information content (AvgIpc) is 3.51. The fourth-order valence-electron chi connectivity index (χ4n) is 4.66. The lowest BCUT2D eigenvalue weighted by Gasteiger charge is -2.28. The number of nitrogens with one attached hydrogen (secondary N) is 3. The number of anilines is 4. The van der Waals surface area contributed by atoms with Crippen LogP contribution in [-0.4, -0.2) is 57.7 Å². The molecule has 1 saturated heterocycles. The second kappa shape index (κ2) is 11.5. The Morgan fingerprint density at radius 2 is 1.63 bits per heavy atom. The lowest BCUT2D eigenvalue weighted by atomic mass is 10.1. The standard InChI is InChI=1S/C30H27N7O4/c38-29(33-24-6-4-20(5-7-24)30(39)35-40)22-3-1-2-21(18-22)26-19-37-13-12-31-28(37)27(34-26)32-23-8-10-25(11-9-23)36-14-16-41-17-15-36/h1-13,18-19,40H,14-17H2,(H,32,34)(H,33,38)(H,35,39). The molecule has 0 aliphatic carbocycles. The fourth-order valence-corrected chi connectivity index (χ4v) is 4.66. The normalized spacial score (nSPS) is 13.1. The number of hydrogen-bond acceptors (Lipinski definition) is 8. The summed E-state index contributed by atoms with van der Waals surface area (Å²) in [6.45, 7) is 3.21. The summed E-state index contributed by atoms with van der Waals surface area (Å²) in [5.41, 5.74) is 6.94. The molecule has 5 aromatic rings. The number of ether oxygens (including phenoxy) is 1. The Labute approximate surface area is 235 Å². The molecular formula is C30H27N7O4. The van der Waals surface area contributed by atoms with Crippen molar-refractivity contribution in [3.63, 3.8) is 0 Å². The summed E-state index contributed by atoms with van der Waals surface area (Å²) in [5, 5.41) is 15.0. The van der Waals surface area contributed by atoms with Gasteiger partial charge >= 0.3 is 0 Å². The molecule has 6 rings (SSSR count). The Morgan fingerprint density at radius 3 is 2.39 bits per heavy atom. The van der Waals surface area contributed by atoms with E-state index in [1.165, 1.54) is 12.1 Å². The van der Waals surface area contributed by atoms with Gasteiger partial charge in [0.1, 0.15) is 0 Å². The third-order valence-electron chi connectivity index (χ3n) is 6.81. The van der Waals surface area contributed by atoms with Crippen molar-refractivity contribution in [2.75, 3.05) is 41.8 Å². The van der Waals surface area contributed by atoms with Crippen molar-refractivity contribution < 1.29 is 19.5 Å². The maximum atomic E-state index is 13.0. The molecule has 2 aromatic heterocycles. The van der Waals surface area contributed by atoms with Gasteiger partial charge < -0.3 is 24.7 Å². The average molecular weight is 550 g/mol. The number of fused-ring (bicyclic) bond motifs is 1. The fraction of sp³-hybridized carbons (Fsp3) is 0.133. The summed E-state index contributed by atoms with van der Waals surface area (Å²) >= 11 is 0. The van der Waals surface area contributed by atoms with Gasteiger partial charge in [-0.1, -0.05) is 12.1 Å². The molecule has 1 aliphatic rings. The summed E-state index contributed by atoms with van der Waals surface area (Å²) in [5.74, 6) is -0.348. The number of benzene rings is 3. The summed E-state index contributed by atoms with van der Waals surface area (Å²) in [7, 11) is 0. The van der Waals surface area contributed by atoms with Crippen molar-refractivity contribution >= 4 is 40.3 Å². The Balaban J connectivity index is 1.22. The van der Waals surface area contributed by atoms with E-state index in [2.05, 4.69) is 32.7 Å². The highest BCUT2D eigenvalue weighted by atomic mass is 16.5. The molecule has 0 radical (unpaired) electrons. The van der Waals surface area contributed by atoms with Gasteiger partial charge in [0.05, 0.1) is 18.9 Å². The lowest BCUT2D eigenvalue weighted by molar-refractivity contribution is 0.0706. The Morgan fingerprint density at radius 1 is 0.878 bits per heavy atom. The van der Waals surface area contributed by atoms with Crippen LogP contribution in [0.1, 0.15) is 20.7 Å². The van der Waals surface area contributed by atoms with Crippen LogP contribution in [0.4, 0.5) is 22.9 Å². The molecule has 0 bridgehead atoms. The van der Waals surface area contributed by atoms with Crippen LogP contribution in [0.15, 0.2) is 91.4 Å². The summed E-state index contributed by atoms with van der Waals surface area (Å²) in [6.07, 6.45) is 5.44. The van der Waals surface area contributed by atoms with E-state index in [-0.39, 0.29) is 11.5 Å². The smallest absolute Gasteiger partial charge is 0.274 e. The third kappa shape index (κ3) is 5.71. The van der Waals surface area contributed by atoms with Crippen LogP contribution in [0.2, 0.25) is 0 Å². The molecule has 1 fully saturated rings. The van der Waals surface area contributed by atoms with Crippen molar-refractivity contribution in [1.82, 2.24) is 19.8 Å². The highest BCUT2D eigenvalue weighted by molar-refractivity contribution is 6.05. The first-order chi connectivity index (χ1) is 20.1. The topological polar surface area (TPSA) is 133 Å². The molecule has 0 unspecified atom stereocenters. The molecule has 4 N–H and O–H groups in total. The Hall–Kier alpha value is -5.26. The largest absolute Gasteiger partial charge is 0.378 e. The predicted molar refractivity (Wildman–Crippen MR) is 155 cm³/mol. The minimum Gasteiger partial charge on any atom is -0.378 e. The number of carbonyl (C=O) groups excluding carboxylic acids is 2. The number of carbonyl (C=O) groups is 2. The van der Waals surface area contributed by atoms with Crippen LogP contribution in [0, 0.1) is 0 Å². The summed E-state index contributed by atoms with van der Waals surface area (Å²) in [6, 6.07) is 21.6. The van der Waals surface area contributed by atoms with Gasteiger partial charge in [-0.25, -0.2) is 15.4 Å². The van der Waals surface area contributed by atoms with Crippen molar-refractivity contribution in [3.05, 3.63) is 103 Å². The monoisotopic (exact) mass is 549 g/mol. The van der Waals surface area contributed by atoms with Gasteiger partial charge in [0, 0.05) is 65.4 Å². The number of imidazole rings is 1. The van der Waals surface area contributed by atoms with Crippen molar-refractivity contribution in [1.29, 1.82) is 0 Å². The number of aromatic nitrogens is 3. The molecule has 2 amide bonds. The van der Waals surface area contributed by atoms with Crippen molar-refractivity contribution in [2.24, 2.45) is 0 Å². The Bertz CT molecular complexity index is 1690. The van der Waals surface area contributed by atoms with Gasteiger partial charge in [-0.2, -0.15) is 0 Å². The molecule has 0 saturated carbocycles. The minimum atomic E-state index is -0.628. The minimum absolute atomic E-state index is 0.269. The van der Waals surface area contributed by atoms with Gasteiger partial charge in [-0.3, -0.25) is 14.8 Å². The highest BCUT2D eigenvalue weighted by Gasteiger charge is 2.14. The number of amides is 2. The molecule has 11 nitrogen and oxygen atoms in total. The van der Waals surface area contributed by atoms with E-state index in [0.29, 0.717) is 28.4 Å². The SMILES string of the molecule is O=C(NO)c1ccc(NC(=O)c2cccc(-c3cn4ccnc4c(Nc4ccc(N5CCOCC5)cc4)n3)c2)cc1. The first-order valence-electron chi connectivity index (χ1n) is 13.1. The van der Waals surface area contributed by atoms with E-state index in [0.717, 1.165) is 43.2 Å². The molecule has 1 aliphatic heterocycles. The van der Waals surface area contributed by atoms with Gasteiger partial charge in [0.2, 0.25) is 0 Å². The van der Waals surface area contributed by atoms with E-state index < -0.39 is 5.91 Å². The van der Waals surface area contributed by atoms with Crippen LogP contribution in [0.3, 0.4) is 0 Å². The number of hydroxylamine groups is 1. The van der Waals surface area contributed by atoms with E-state index in [4.69, 9.17) is 14.9 Å². The van der Waals surface area contributed by atoms with E-state index >= 15 is 0 Å². The molecule has 0 atom stereocenters. The maximum Gasteiger partial charge on any atom is 0.274 e. The first-order valence-corrected chi connectivity index (χ1v) is 13.1. The number of nitrogens with zero attached hydrogens (tertiary/aromatic N) is 4. The zero-order valence-electron chi connectivity index (χ0n) is 21.9. The molecular weight excluding hydrogens is 522 g/mol. The van der Waals surface area contributed by atoms with Crippen LogP contribution < -0.4 is 21.0 Å².